The van der Waals surface area contributed by atoms with Crippen LogP contribution in [0.25, 0.3) is 11.2 Å². The molecule has 3 heterocycles. The maximum atomic E-state index is 12.8. The normalized spacial score (nSPS) is 25.9. The predicted molar refractivity (Wildman–Crippen MR) is 114 cm³/mol. The average Bonchev–Trinajstić information content (AvgIpc) is 3.39. The van der Waals surface area contributed by atoms with Crippen molar-refractivity contribution in [2.45, 2.75) is 38.0 Å². The summed E-state index contributed by atoms with van der Waals surface area (Å²) in [7, 11) is 0. The minimum absolute atomic E-state index is 0.198. The number of aryl methyl sites for hydroxylation is 2. The molecule has 2 aromatic heterocycles. The number of rotatable bonds is 5. The van der Waals surface area contributed by atoms with Crippen LogP contribution in [0.15, 0.2) is 48.9 Å². The number of aliphatic hydroxyl groups excluding tert-OH is 1. The lowest BCUT2D eigenvalue weighted by Crippen LogP contribution is -2.49. The van der Waals surface area contributed by atoms with Crippen molar-refractivity contribution in [2.75, 3.05) is 13.1 Å². The molecule has 7 nitrogen and oxygen atoms in total. The Bertz CT molecular complexity index is 1030. The first kappa shape index (κ1) is 19.2. The summed E-state index contributed by atoms with van der Waals surface area (Å²) in [5.41, 5.74) is 3.23. The van der Waals surface area contributed by atoms with Gasteiger partial charge in [0.05, 0.1) is 24.0 Å². The SMILES string of the molecule is O=C(N[C@H]1C[C@H]2CNC[C@H]2C[C@@H]1O)c1cnc2c(c1)ncn2CCc1ccccc1. The van der Waals surface area contributed by atoms with E-state index in [9.17, 15) is 9.90 Å². The van der Waals surface area contributed by atoms with Crippen LogP contribution in [-0.4, -0.2) is 50.8 Å². The average molecular weight is 406 g/mol. The van der Waals surface area contributed by atoms with Gasteiger partial charge in [0.1, 0.15) is 5.52 Å². The third-order valence-corrected chi connectivity index (χ3v) is 6.56. The molecule has 5 rings (SSSR count). The summed E-state index contributed by atoms with van der Waals surface area (Å²) < 4.78 is 2.02. The van der Waals surface area contributed by atoms with E-state index in [-0.39, 0.29) is 11.9 Å². The molecular formula is C23H27N5O2. The number of fused-ring (bicyclic) bond motifs is 2. The highest BCUT2D eigenvalue weighted by atomic mass is 16.3. The predicted octanol–water partition coefficient (Wildman–Crippen LogP) is 1.76. The van der Waals surface area contributed by atoms with Crippen molar-refractivity contribution in [3.63, 3.8) is 0 Å². The number of carbonyl (C=O) groups excluding carboxylic acids is 1. The second kappa shape index (κ2) is 8.16. The van der Waals surface area contributed by atoms with Gasteiger partial charge in [-0.25, -0.2) is 9.97 Å². The Morgan fingerprint density at radius 3 is 2.80 bits per heavy atom. The number of hydrogen-bond acceptors (Lipinski definition) is 5. The summed E-state index contributed by atoms with van der Waals surface area (Å²) in [6.07, 6.45) is 5.34. The van der Waals surface area contributed by atoms with Crippen LogP contribution < -0.4 is 10.6 Å². The topological polar surface area (TPSA) is 92.1 Å². The molecule has 0 radical (unpaired) electrons. The van der Waals surface area contributed by atoms with Gasteiger partial charge in [-0.05, 0) is 55.8 Å². The Kier molecular flexibility index (Phi) is 5.23. The number of nitrogens with zero attached hydrogens (tertiary/aromatic N) is 3. The van der Waals surface area contributed by atoms with Crippen LogP contribution in [0.4, 0.5) is 0 Å². The number of aliphatic hydroxyl groups is 1. The van der Waals surface area contributed by atoms with Gasteiger partial charge in [-0.3, -0.25) is 4.79 Å². The van der Waals surface area contributed by atoms with E-state index in [4.69, 9.17) is 0 Å². The van der Waals surface area contributed by atoms with E-state index in [0.29, 0.717) is 22.9 Å². The lowest BCUT2D eigenvalue weighted by Gasteiger charge is -2.35. The minimum atomic E-state index is -0.496. The first-order valence-electron chi connectivity index (χ1n) is 10.7. The molecule has 1 saturated carbocycles. The fraction of sp³-hybridized carbons (Fsp3) is 0.435. The molecule has 3 aromatic rings. The molecule has 2 fully saturated rings. The van der Waals surface area contributed by atoms with Gasteiger partial charge in [0, 0.05) is 12.7 Å². The lowest BCUT2D eigenvalue weighted by atomic mass is 9.77. The fourth-order valence-electron chi connectivity index (χ4n) is 4.83. The number of hydrogen-bond donors (Lipinski definition) is 3. The van der Waals surface area contributed by atoms with Gasteiger partial charge in [-0.1, -0.05) is 30.3 Å². The van der Waals surface area contributed by atoms with Crippen LogP contribution in [0.2, 0.25) is 0 Å². The highest BCUT2D eigenvalue weighted by Gasteiger charge is 2.39. The van der Waals surface area contributed by atoms with Crippen molar-refractivity contribution in [3.8, 4) is 0 Å². The smallest absolute Gasteiger partial charge is 0.253 e. The molecule has 1 amide bonds. The highest BCUT2D eigenvalue weighted by molar-refractivity contribution is 5.96. The van der Waals surface area contributed by atoms with Crippen molar-refractivity contribution in [2.24, 2.45) is 11.8 Å². The Balaban J connectivity index is 1.26. The minimum Gasteiger partial charge on any atom is -0.391 e. The number of amides is 1. The van der Waals surface area contributed by atoms with Crippen LogP contribution in [-0.2, 0) is 13.0 Å². The summed E-state index contributed by atoms with van der Waals surface area (Å²) in [6, 6.07) is 11.9. The Morgan fingerprint density at radius 2 is 1.97 bits per heavy atom. The molecule has 30 heavy (non-hydrogen) atoms. The molecule has 1 aliphatic carbocycles. The highest BCUT2D eigenvalue weighted by Crippen LogP contribution is 2.33. The third kappa shape index (κ3) is 3.82. The molecule has 3 N–H and O–H groups in total. The van der Waals surface area contributed by atoms with Crippen LogP contribution in [0.1, 0.15) is 28.8 Å². The van der Waals surface area contributed by atoms with Crippen LogP contribution in [0, 0.1) is 11.8 Å². The molecule has 4 atom stereocenters. The summed E-state index contributed by atoms with van der Waals surface area (Å²) in [5.74, 6) is 0.849. The molecule has 0 bridgehead atoms. The maximum Gasteiger partial charge on any atom is 0.253 e. The largest absolute Gasteiger partial charge is 0.391 e. The zero-order valence-electron chi connectivity index (χ0n) is 16.9. The lowest BCUT2D eigenvalue weighted by molar-refractivity contribution is 0.0462. The quantitative estimate of drug-likeness (QED) is 0.602. The second-order valence-corrected chi connectivity index (χ2v) is 8.54. The number of benzene rings is 1. The van der Waals surface area contributed by atoms with Gasteiger partial charge in [-0.15, -0.1) is 0 Å². The number of imidazole rings is 1. The van der Waals surface area contributed by atoms with Gasteiger partial charge in [0.15, 0.2) is 5.65 Å². The van der Waals surface area contributed by atoms with E-state index < -0.39 is 6.10 Å². The molecule has 156 valence electrons. The second-order valence-electron chi connectivity index (χ2n) is 8.54. The van der Waals surface area contributed by atoms with Crippen molar-refractivity contribution >= 4 is 17.1 Å². The van der Waals surface area contributed by atoms with E-state index in [0.717, 1.165) is 44.5 Å². The van der Waals surface area contributed by atoms with Crippen LogP contribution >= 0.6 is 0 Å². The summed E-state index contributed by atoms with van der Waals surface area (Å²) >= 11 is 0. The number of pyridine rings is 1. The van der Waals surface area contributed by atoms with E-state index in [1.807, 2.05) is 22.8 Å². The zero-order chi connectivity index (χ0) is 20.5. The summed E-state index contributed by atoms with van der Waals surface area (Å²) in [4.78, 5) is 21.7. The number of aromatic nitrogens is 3. The van der Waals surface area contributed by atoms with Gasteiger partial charge in [0.25, 0.3) is 5.91 Å². The summed E-state index contributed by atoms with van der Waals surface area (Å²) in [5, 5.41) is 16.9. The number of carbonyl (C=O) groups is 1. The standard InChI is InChI=1S/C23H27N5O2/c29-21-10-17-12-24-11-16(17)8-19(21)27-23(30)18-9-20-22(25-13-18)28(14-26-20)7-6-15-4-2-1-3-5-15/h1-5,9,13-14,16-17,19,21,24,29H,6-8,10-12H2,(H,27,30)/t16-,17+,19-,21-/m0/s1. The monoisotopic (exact) mass is 405 g/mol. The third-order valence-electron chi connectivity index (χ3n) is 6.56. The molecule has 2 aliphatic rings. The first-order valence-corrected chi connectivity index (χ1v) is 10.7. The Hall–Kier alpha value is -2.77. The van der Waals surface area contributed by atoms with Crippen molar-refractivity contribution < 1.29 is 9.90 Å². The first-order chi connectivity index (χ1) is 14.7. The van der Waals surface area contributed by atoms with Gasteiger partial charge in [0.2, 0.25) is 0 Å². The Labute approximate surface area is 175 Å². The van der Waals surface area contributed by atoms with E-state index in [2.05, 4.69) is 32.7 Å². The molecule has 1 saturated heterocycles. The molecule has 0 spiro atoms. The van der Waals surface area contributed by atoms with Crippen LogP contribution in [0.3, 0.4) is 0 Å². The zero-order valence-corrected chi connectivity index (χ0v) is 16.9. The molecule has 1 aromatic carbocycles. The van der Waals surface area contributed by atoms with Gasteiger partial charge < -0.3 is 20.3 Å². The maximum absolute atomic E-state index is 12.8. The Morgan fingerprint density at radius 1 is 1.17 bits per heavy atom. The van der Waals surface area contributed by atoms with Crippen molar-refractivity contribution in [3.05, 3.63) is 60.0 Å². The molecule has 7 heteroatoms. The summed E-state index contributed by atoms with van der Waals surface area (Å²) in [6.45, 7) is 2.72. The van der Waals surface area contributed by atoms with E-state index in [1.165, 1.54) is 5.56 Å². The van der Waals surface area contributed by atoms with Crippen molar-refractivity contribution in [1.82, 2.24) is 25.2 Å². The fourth-order valence-corrected chi connectivity index (χ4v) is 4.83. The van der Waals surface area contributed by atoms with E-state index in [1.54, 1.807) is 18.6 Å². The van der Waals surface area contributed by atoms with Gasteiger partial charge >= 0.3 is 0 Å². The van der Waals surface area contributed by atoms with Crippen molar-refractivity contribution in [1.29, 1.82) is 0 Å². The molecule has 0 unspecified atom stereocenters. The van der Waals surface area contributed by atoms with Crippen LogP contribution in [0.5, 0.6) is 0 Å². The number of nitrogens with one attached hydrogen (secondary N) is 2. The van der Waals surface area contributed by atoms with Gasteiger partial charge in [-0.2, -0.15) is 0 Å². The molecular weight excluding hydrogens is 378 g/mol. The molecule has 1 aliphatic heterocycles. The van der Waals surface area contributed by atoms with E-state index >= 15 is 0 Å².